The summed E-state index contributed by atoms with van der Waals surface area (Å²) in [6.45, 7) is 4.49. The summed E-state index contributed by atoms with van der Waals surface area (Å²) in [5, 5.41) is 0. The molecule has 0 aliphatic carbocycles. The van der Waals surface area contributed by atoms with E-state index in [-0.39, 0.29) is 0 Å². The Morgan fingerprint density at radius 1 is 0.810 bits per heavy atom. The van der Waals surface area contributed by atoms with Crippen LogP contribution in [0.2, 0.25) is 0 Å². The fraction of sp³-hybridized carbons (Fsp3) is 0.700. The zero-order valence-electron chi connectivity index (χ0n) is 14.1. The van der Waals surface area contributed by atoms with Gasteiger partial charge in [0.1, 0.15) is 0 Å². The molecule has 0 fully saturated rings. The largest absolute Gasteiger partial charge is 0.122 e. The predicted molar refractivity (Wildman–Crippen MR) is 96.3 cm³/mol. The Labute approximate surface area is 137 Å². The van der Waals surface area contributed by atoms with Crippen LogP contribution >= 0.6 is 11.6 Å². The first kappa shape index (κ1) is 18.6. The van der Waals surface area contributed by atoms with Crippen molar-refractivity contribution in [2.75, 3.05) is 0 Å². The van der Waals surface area contributed by atoms with Crippen molar-refractivity contribution >= 4 is 11.6 Å². The molecule has 0 atom stereocenters. The smallest absolute Gasteiger partial charge is 0.0474 e. The second-order valence-corrected chi connectivity index (χ2v) is 6.59. The van der Waals surface area contributed by atoms with Gasteiger partial charge in [0.25, 0.3) is 0 Å². The third-order valence-corrected chi connectivity index (χ3v) is 4.68. The SMILES string of the molecule is CCCCCCCCCCCCc1cc(CCl)ccc1C. The molecule has 1 aromatic rings. The number of benzene rings is 1. The molecule has 120 valence electrons. The first-order valence-corrected chi connectivity index (χ1v) is 9.45. The topological polar surface area (TPSA) is 0 Å². The quantitative estimate of drug-likeness (QED) is 0.283. The van der Waals surface area contributed by atoms with E-state index in [1.165, 1.54) is 87.3 Å². The van der Waals surface area contributed by atoms with Gasteiger partial charge in [0.2, 0.25) is 0 Å². The lowest BCUT2D eigenvalue weighted by Crippen LogP contribution is -1.92. The average molecular weight is 309 g/mol. The molecule has 0 aliphatic rings. The molecule has 1 rings (SSSR count). The summed E-state index contributed by atoms with van der Waals surface area (Å²) in [7, 11) is 0. The van der Waals surface area contributed by atoms with Crippen molar-refractivity contribution in [1.82, 2.24) is 0 Å². The maximum atomic E-state index is 5.92. The zero-order valence-corrected chi connectivity index (χ0v) is 14.9. The zero-order chi connectivity index (χ0) is 15.3. The van der Waals surface area contributed by atoms with E-state index in [1.807, 2.05) is 0 Å². The third kappa shape index (κ3) is 8.51. The molecular formula is C20H33Cl. The first-order valence-electron chi connectivity index (χ1n) is 8.92. The van der Waals surface area contributed by atoms with E-state index < -0.39 is 0 Å². The van der Waals surface area contributed by atoms with Crippen molar-refractivity contribution in [3.63, 3.8) is 0 Å². The summed E-state index contributed by atoms with van der Waals surface area (Å²) >= 11 is 5.92. The highest BCUT2D eigenvalue weighted by molar-refractivity contribution is 6.17. The standard InChI is InChI=1S/C20H33Cl/c1-3-4-5-6-7-8-9-10-11-12-13-20-16-19(17-21)15-14-18(20)2/h14-16H,3-13,17H2,1-2H3. The van der Waals surface area contributed by atoms with E-state index in [0.717, 1.165) is 0 Å². The summed E-state index contributed by atoms with van der Waals surface area (Å²) in [5.74, 6) is 0.630. The van der Waals surface area contributed by atoms with Crippen LogP contribution in [0.4, 0.5) is 0 Å². The molecule has 0 spiro atoms. The van der Waals surface area contributed by atoms with Crippen molar-refractivity contribution in [3.05, 3.63) is 34.9 Å². The molecule has 0 N–H and O–H groups in total. The molecule has 0 nitrogen and oxygen atoms in total. The van der Waals surface area contributed by atoms with Crippen molar-refractivity contribution in [2.24, 2.45) is 0 Å². The van der Waals surface area contributed by atoms with Gasteiger partial charge in [0.15, 0.2) is 0 Å². The monoisotopic (exact) mass is 308 g/mol. The molecule has 0 amide bonds. The second-order valence-electron chi connectivity index (χ2n) is 6.33. The summed E-state index contributed by atoms with van der Waals surface area (Å²) in [6, 6.07) is 6.64. The lowest BCUT2D eigenvalue weighted by molar-refractivity contribution is 0.556. The third-order valence-electron chi connectivity index (χ3n) is 4.37. The minimum atomic E-state index is 0.630. The molecule has 0 aliphatic heterocycles. The van der Waals surface area contributed by atoms with Crippen LogP contribution in [0.25, 0.3) is 0 Å². The molecule has 0 unspecified atom stereocenters. The van der Waals surface area contributed by atoms with Crippen molar-refractivity contribution < 1.29 is 0 Å². The maximum absolute atomic E-state index is 5.92. The lowest BCUT2D eigenvalue weighted by Gasteiger charge is -2.08. The number of unbranched alkanes of at least 4 members (excludes halogenated alkanes) is 9. The van der Waals surface area contributed by atoms with Gasteiger partial charge in [-0.2, -0.15) is 0 Å². The molecule has 21 heavy (non-hydrogen) atoms. The van der Waals surface area contributed by atoms with Crippen LogP contribution in [0.15, 0.2) is 18.2 Å². The number of aryl methyl sites for hydroxylation is 2. The van der Waals surface area contributed by atoms with Gasteiger partial charge >= 0.3 is 0 Å². The van der Waals surface area contributed by atoms with Gasteiger partial charge in [-0.1, -0.05) is 82.9 Å². The molecule has 0 bridgehead atoms. The summed E-state index contributed by atoms with van der Waals surface area (Å²) in [5.41, 5.74) is 4.16. The Bertz CT molecular complexity index is 370. The minimum Gasteiger partial charge on any atom is -0.122 e. The summed E-state index contributed by atoms with van der Waals surface area (Å²) < 4.78 is 0. The number of hydrogen-bond donors (Lipinski definition) is 0. The van der Waals surface area contributed by atoms with Gasteiger partial charge in [-0.25, -0.2) is 0 Å². The molecule has 0 aromatic heterocycles. The van der Waals surface area contributed by atoms with Crippen LogP contribution in [0.3, 0.4) is 0 Å². The Morgan fingerprint density at radius 2 is 1.38 bits per heavy atom. The van der Waals surface area contributed by atoms with E-state index in [1.54, 1.807) is 0 Å². The molecule has 1 aromatic carbocycles. The first-order chi connectivity index (χ1) is 10.3. The van der Waals surface area contributed by atoms with Crippen LogP contribution in [-0.4, -0.2) is 0 Å². The van der Waals surface area contributed by atoms with Gasteiger partial charge in [0.05, 0.1) is 0 Å². The maximum Gasteiger partial charge on any atom is 0.0474 e. The molecule has 0 saturated heterocycles. The van der Waals surface area contributed by atoms with Gasteiger partial charge in [-0.3, -0.25) is 0 Å². The van der Waals surface area contributed by atoms with Crippen LogP contribution in [0, 0.1) is 6.92 Å². The number of hydrogen-bond acceptors (Lipinski definition) is 0. The second kappa shape index (κ2) is 12.1. The highest BCUT2D eigenvalue weighted by atomic mass is 35.5. The predicted octanol–water partition coefficient (Wildman–Crippen LogP) is 7.20. The van der Waals surface area contributed by atoms with Crippen molar-refractivity contribution in [1.29, 1.82) is 0 Å². The Kier molecular flexibility index (Phi) is 10.7. The van der Waals surface area contributed by atoms with Crippen LogP contribution in [0.5, 0.6) is 0 Å². The minimum absolute atomic E-state index is 0.630. The van der Waals surface area contributed by atoms with Crippen molar-refractivity contribution in [3.8, 4) is 0 Å². The van der Waals surface area contributed by atoms with E-state index >= 15 is 0 Å². The molecule has 0 heterocycles. The molecular weight excluding hydrogens is 276 g/mol. The van der Waals surface area contributed by atoms with Crippen LogP contribution < -0.4 is 0 Å². The summed E-state index contributed by atoms with van der Waals surface area (Å²) in [6.07, 6.45) is 15.3. The van der Waals surface area contributed by atoms with Gasteiger partial charge in [0, 0.05) is 5.88 Å². The van der Waals surface area contributed by atoms with E-state index in [2.05, 4.69) is 32.0 Å². The lowest BCUT2D eigenvalue weighted by atomic mass is 9.99. The Morgan fingerprint density at radius 3 is 1.95 bits per heavy atom. The average Bonchev–Trinajstić information content (AvgIpc) is 2.51. The van der Waals surface area contributed by atoms with Crippen molar-refractivity contribution in [2.45, 2.75) is 90.4 Å². The molecule has 0 saturated carbocycles. The fourth-order valence-electron chi connectivity index (χ4n) is 2.88. The highest BCUT2D eigenvalue weighted by Crippen LogP contribution is 2.17. The Balaban J connectivity index is 2.04. The van der Waals surface area contributed by atoms with E-state index in [0.29, 0.717) is 5.88 Å². The number of halogens is 1. The molecule has 0 radical (unpaired) electrons. The normalized spacial score (nSPS) is 11.0. The van der Waals surface area contributed by atoms with Crippen LogP contribution in [-0.2, 0) is 12.3 Å². The van der Waals surface area contributed by atoms with Gasteiger partial charge < -0.3 is 0 Å². The van der Waals surface area contributed by atoms with Crippen LogP contribution in [0.1, 0.15) is 87.8 Å². The fourth-order valence-corrected chi connectivity index (χ4v) is 3.05. The van der Waals surface area contributed by atoms with E-state index in [4.69, 9.17) is 11.6 Å². The Hall–Kier alpha value is -0.490. The highest BCUT2D eigenvalue weighted by Gasteiger charge is 2.00. The van der Waals surface area contributed by atoms with Gasteiger partial charge in [-0.15, -0.1) is 11.6 Å². The van der Waals surface area contributed by atoms with Gasteiger partial charge in [-0.05, 0) is 36.5 Å². The molecule has 1 heteroatoms. The van der Waals surface area contributed by atoms with E-state index in [9.17, 15) is 0 Å². The number of alkyl halides is 1. The number of rotatable bonds is 12. The summed E-state index contributed by atoms with van der Waals surface area (Å²) in [4.78, 5) is 0.